The third-order valence-electron chi connectivity index (χ3n) is 5.04. The van der Waals surface area contributed by atoms with Crippen molar-refractivity contribution in [1.29, 1.82) is 0 Å². The molecule has 1 aromatic rings. The lowest BCUT2D eigenvalue weighted by molar-refractivity contribution is 0.192. The van der Waals surface area contributed by atoms with Gasteiger partial charge in [0.2, 0.25) is 0 Å². The smallest absolute Gasteiger partial charge is 0.365 e. The third-order valence-corrected chi connectivity index (χ3v) is 12.2. The minimum atomic E-state index is -2.64. The SMILES string of the molecule is C=C(C(C(=C)[Si](C)(OCC)OCC)c1ccccc1[SiH3])[Si](C)(OCC)OCC. The molecule has 0 bridgehead atoms. The van der Waals surface area contributed by atoms with E-state index >= 15 is 0 Å². The first-order chi connectivity index (χ1) is 13.2. The highest BCUT2D eigenvalue weighted by Gasteiger charge is 2.46. The van der Waals surface area contributed by atoms with Gasteiger partial charge < -0.3 is 17.7 Å². The topological polar surface area (TPSA) is 36.9 Å². The molecule has 0 fully saturated rings. The van der Waals surface area contributed by atoms with E-state index < -0.39 is 17.1 Å². The van der Waals surface area contributed by atoms with Crippen molar-refractivity contribution in [2.24, 2.45) is 0 Å². The van der Waals surface area contributed by atoms with Gasteiger partial charge in [-0.2, -0.15) is 0 Å². The van der Waals surface area contributed by atoms with Crippen molar-refractivity contribution in [2.45, 2.75) is 46.7 Å². The molecular weight excluding hydrogens is 400 g/mol. The molecule has 0 spiro atoms. The van der Waals surface area contributed by atoms with Gasteiger partial charge in [-0.25, -0.2) is 0 Å². The Morgan fingerprint density at radius 1 is 0.821 bits per heavy atom. The van der Waals surface area contributed by atoms with Crippen molar-refractivity contribution < 1.29 is 17.7 Å². The summed E-state index contributed by atoms with van der Waals surface area (Å²) in [5.74, 6) is -0.0989. The number of rotatable bonds is 13. The lowest BCUT2D eigenvalue weighted by Crippen LogP contribution is -2.49. The standard InChI is InChI=1S/C21H38O4Si3/c1-9-22-27(7,23-10-2)17(5)21(19-15-13-14-16-20(19)26)18(6)28(8,24-11-3)25-12-4/h13-16,21H,5-6,9-12H2,1-4,7-8,26H3. The fraction of sp³-hybridized carbons (Fsp3) is 0.524. The van der Waals surface area contributed by atoms with Crippen molar-refractivity contribution in [3.63, 3.8) is 0 Å². The van der Waals surface area contributed by atoms with Gasteiger partial charge >= 0.3 is 17.1 Å². The van der Waals surface area contributed by atoms with E-state index in [2.05, 4.69) is 50.5 Å². The summed E-state index contributed by atoms with van der Waals surface area (Å²) in [6.45, 7) is 23.6. The highest BCUT2D eigenvalue weighted by Crippen LogP contribution is 2.40. The molecule has 4 nitrogen and oxygen atoms in total. The average molecular weight is 439 g/mol. The van der Waals surface area contributed by atoms with Crippen molar-refractivity contribution in [2.75, 3.05) is 26.4 Å². The van der Waals surface area contributed by atoms with Gasteiger partial charge in [0.05, 0.1) is 0 Å². The second kappa shape index (κ2) is 11.4. The van der Waals surface area contributed by atoms with Crippen LogP contribution >= 0.6 is 0 Å². The Kier molecular flexibility index (Phi) is 10.3. The van der Waals surface area contributed by atoms with E-state index in [0.717, 1.165) is 20.6 Å². The average Bonchev–Trinajstić information content (AvgIpc) is 2.64. The first-order valence-electron chi connectivity index (χ1n) is 10.2. The van der Waals surface area contributed by atoms with Gasteiger partial charge in [-0.1, -0.05) is 42.6 Å². The van der Waals surface area contributed by atoms with Gasteiger partial charge in [0.15, 0.2) is 0 Å². The van der Waals surface area contributed by atoms with Crippen molar-refractivity contribution in [3.05, 3.63) is 53.4 Å². The van der Waals surface area contributed by atoms with E-state index in [-0.39, 0.29) is 5.92 Å². The quantitative estimate of drug-likeness (QED) is 0.443. The summed E-state index contributed by atoms with van der Waals surface area (Å²) in [6.07, 6.45) is 0. The second-order valence-corrected chi connectivity index (χ2v) is 14.3. The summed E-state index contributed by atoms with van der Waals surface area (Å²) in [5, 5.41) is 3.27. The zero-order valence-corrected chi connectivity index (χ0v) is 22.8. The molecule has 0 amide bonds. The molecular formula is C21H38O4Si3. The van der Waals surface area contributed by atoms with E-state index in [9.17, 15) is 0 Å². The van der Waals surface area contributed by atoms with Gasteiger partial charge in [0.1, 0.15) is 0 Å². The number of hydrogen-bond acceptors (Lipinski definition) is 4. The van der Waals surface area contributed by atoms with Crippen LogP contribution in [-0.2, 0) is 17.7 Å². The highest BCUT2D eigenvalue weighted by molar-refractivity contribution is 6.77. The minimum Gasteiger partial charge on any atom is -0.392 e. The molecule has 0 radical (unpaired) electrons. The molecule has 0 saturated heterocycles. The van der Waals surface area contributed by atoms with Crippen molar-refractivity contribution in [1.82, 2.24) is 0 Å². The summed E-state index contributed by atoms with van der Waals surface area (Å²) in [7, 11) is -4.34. The molecule has 0 aliphatic heterocycles. The molecule has 158 valence electrons. The van der Waals surface area contributed by atoms with Gasteiger partial charge in [-0.3, -0.25) is 0 Å². The van der Waals surface area contributed by atoms with Crippen LogP contribution in [0.4, 0.5) is 0 Å². The van der Waals surface area contributed by atoms with Crippen LogP contribution < -0.4 is 5.19 Å². The Morgan fingerprint density at radius 2 is 1.18 bits per heavy atom. The molecule has 0 saturated carbocycles. The third kappa shape index (κ3) is 5.85. The van der Waals surface area contributed by atoms with Gasteiger partial charge in [0, 0.05) is 42.6 Å². The summed E-state index contributed by atoms with van der Waals surface area (Å²) >= 11 is 0. The summed E-state index contributed by atoms with van der Waals surface area (Å²) in [4.78, 5) is 0. The van der Waals surface area contributed by atoms with Crippen LogP contribution in [0.25, 0.3) is 0 Å². The first-order valence-corrected chi connectivity index (χ1v) is 15.8. The number of benzene rings is 1. The molecule has 7 heteroatoms. The molecule has 0 atom stereocenters. The number of hydrogen-bond donors (Lipinski definition) is 0. The monoisotopic (exact) mass is 438 g/mol. The molecule has 0 aliphatic carbocycles. The summed E-state index contributed by atoms with van der Waals surface area (Å²) < 4.78 is 24.7. The maximum Gasteiger partial charge on any atom is 0.365 e. The Labute approximate surface area is 176 Å². The Hall–Kier alpha value is -0.809. The van der Waals surface area contributed by atoms with Crippen molar-refractivity contribution in [3.8, 4) is 0 Å². The van der Waals surface area contributed by atoms with E-state index in [1.165, 1.54) is 10.8 Å². The first kappa shape index (κ1) is 25.2. The van der Waals surface area contributed by atoms with Crippen LogP contribution in [-0.4, -0.2) is 53.8 Å². The van der Waals surface area contributed by atoms with E-state index in [1.54, 1.807) is 0 Å². The Bertz CT molecular complexity index is 617. The van der Waals surface area contributed by atoms with Crippen LogP contribution in [0, 0.1) is 0 Å². The Morgan fingerprint density at radius 3 is 1.50 bits per heavy atom. The molecule has 1 rings (SSSR count). The predicted octanol–water partition coefficient (Wildman–Crippen LogP) is 3.24. The lowest BCUT2D eigenvalue weighted by Gasteiger charge is -2.38. The maximum absolute atomic E-state index is 6.18. The zero-order valence-electron chi connectivity index (χ0n) is 18.8. The van der Waals surface area contributed by atoms with E-state index in [1.807, 2.05) is 27.7 Å². The summed E-state index contributed by atoms with van der Waals surface area (Å²) in [6, 6.07) is 8.50. The molecule has 0 N–H and O–H groups in total. The molecule has 0 heterocycles. The summed E-state index contributed by atoms with van der Waals surface area (Å²) in [5.41, 5.74) is 1.22. The largest absolute Gasteiger partial charge is 0.392 e. The van der Waals surface area contributed by atoms with Crippen LogP contribution in [0.1, 0.15) is 39.2 Å². The fourth-order valence-electron chi connectivity index (χ4n) is 3.58. The molecule has 0 unspecified atom stereocenters. The van der Waals surface area contributed by atoms with E-state index in [0.29, 0.717) is 26.4 Å². The lowest BCUT2D eigenvalue weighted by atomic mass is 9.98. The van der Waals surface area contributed by atoms with Crippen LogP contribution in [0.3, 0.4) is 0 Å². The molecule has 0 aromatic heterocycles. The molecule has 28 heavy (non-hydrogen) atoms. The van der Waals surface area contributed by atoms with E-state index in [4.69, 9.17) is 17.7 Å². The van der Waals surface area contributed by atoms with Gasteiger partial charge in [-0.05, 0) is 56.7 Å². The van der Waals surface area contributed by atoms with Crippen molar-refractivity contribution >= 4 is 32.6 Å². The predicted molar refractivity (Wildman–Crippen MR) is 127 cm³/mol. The van der Waals surface area contributed by atoms with Crippen LogP contribution in [0.5, 0.6) is 0 Å². The number of allylic oxidation sites excluding steroid dienone is 2. The zero-order chi connectivity index (χ0) is 21.4. The molecule has 1 aromatic carbocycles. The second-order valence-electron chi connectivity index (χ2n) is 6.96. The van der Waals surface area contributed by atoms with Crippen LogP contribution in [0.15, 0.2) is 47.8 Å². The maximum atomic E-state index is 6.18. The normalized spacial score (nSPS) is 12.5. The minimum absolute atomic E-state index is 0.0989. The van der Waals surface area contributed by atoms with Gasteiger partial charge in [0.25, 0.3) is 0 Å². The Balaban J connectivity index is 3.55. The molecule has 0 aliphatic rings. The van der Waals surface area contributed by atoms with Gasteiger partial charge in [-0.15, -0.1) is 0 Å². The van der Waals surface area contributed by atoms with Crippen LogP contribution in [0.2, 0.25) is 13.1 Å². The highest BCUT2D eigenvalue weighted by atomic mass is 28.4. The fourth-order valence-corrected chi connectivity index (χ4v) is 9.19.